The van der Waals surface area contributed by atoms with Crippen molar-refractivity contribution in [1.82, 2.24) is 4.98 Å². The SMILES string of the molecule is CC.NCc1ccc(COc2cc(N)ccn2)cc1. The van der Waals surface area contributed by atoms with Crippen LogP contribution in [0.1, 0.15) is 25.0 Å². The minimum Gasteiger partial charge on any atom is -0.473 e. The van der Waals surface area contributed by atoms with Crippen molar-refractivity contribution in [1.29, 1.82) is 0 Å². The van der Waals surface area contributed by atoms with Crippen LogP contribution in [0, 0.1) is 0 Å². The Bertz CT molecular complexity index is 483. The second-order valence-corrected chi connectivity index (χ2v) is 3.74. The summed E-state index contributed by atoms with van der Waals surface area (Å²) >= 11 is 0. The number of hydrogen-bond acceptors (Lipinski definition) is 4. The minimum absolute atomic E-state index is 0.474. The third-order valence-corrected chi connectivity index (χ3v) is 2.40. The maximum atomic E-state index is 5.63. The summed E-state index contributed by atoms with van der Waals surface area (Å²) in [7, 11) is 0. The normalized spacial score (nSPS) is 9.42. The first-order valence-electron chi connectivity index (χ1n) is 6.40. The molecule has 0 saturated carbocycles. The van der Waals surface area contributed by atoms with Crippen LogP contribution < -0.4 is 16.2 Å². The van der Waals surface area contributed by atoms with Gasteiger partial charge in [-0.1, -0.05) is 38.1 Å². The average molecular weight is 259 g/mol. The Morgan fingerprint density at radius 1 is 1.05 bits per heavy atom. The van der Waals surface area contributed by atoms with E-state index in [-0.39, 0.29) is 0 Å². The molecular formula is C15H21N3O. The molecule has 2 aromatic rings. The lowest BCUT2D eigenvalue weighted by molar-refractivity contribution is 0.294. The van der Waals surface area contributed by atoms with Crippen molar-refractivity contribution in [3.05, 3.63) is 53.7 Å². The number of pyridine rings is 1. The van der Waals surface area contributed by atoms with Crippen molar-refractivity contribution in [2.45, 2.75) is 27.0 Å². The number of nitrogen functional groups attached to an aromatic ring is 1. The summed E-state index contributed by atoms with van der Waals surface area (Å²) in [5.74, 6) is 0.535. The topological polar surface area (TPSA) is 74.2 Å². The third-order valence-electron chi connectivity index (χ3n) is 2.40. The zero-order valence-electron chi connectivity index (χ0n) is 11.5. The molecule has 19 heavy (non-hydrogen) atoms. The van der Waals surface area contributed by atoms with Gasteiger partial charge < -0.3 is 16.2 Å². The number of anilines is 1. The van der Waals surface area contributed by atoms with E-state index >= 15 is 0 Å². The molecule has 1 heterocycles. The highest BCUT2D eigenvalue weighted by atomic mass is 16.5. The smallest absolute Gasteiger partial charge is 0.215 e. The highest BCUT2D eigenvalue weighted by Gasteiger charge is 1.98. The molecule has 0 unspecified atom stereocenters. The minimum atomic E-state index is 0.474. The quantitative estimate of drug-likeness (QED) is 0.885. The van der Waals surface area contributed by atoms with E-state index in [1.165, 1.54) is 0 Å². The summed E-state index contributed by atoms with van der Waals surface area (Å²) in [4.78, 5) is 4.07. The van der Waals surface area contributed by atoms with E-state index in [0.29, 0.717) is 24.7 Å². The van der Waals surface area contributed by atoms with Gasteiger partial charge in [-0.15, -0.1) is 0 Å². The Labute approximate surface area is 114 Å². The van der Waals surface area contributed by atoms with Crippen LogP contribution in [0.4, 0.5) is 5.69 Å². The van der Waals surface area contributed by atoms with E-state index in [1.54, 1.807) is 18.3 Å². The molecule has 0 spiro atoms. The van der Waals surface area contributed by atoms with Crippen LogP contribution in [0.2, 0.25) is 0 Å². The lowest BCUT2D eigenvalue weighted by Crippen LogP contribution is -1.99. The van der Waals surface area contributed by atoms with Gasteiger partial charge in [0.25, 0.3) is 0 Å². The highest BCUT2D eigenvalue weighted by Crippen LogP contribution is 2.13. The van der Waals surface area contributed by atoms with Crippen LogP contribution in [0.25, 0.3) is 0 Å². The summed E-state index contributed by atoms with van der Waals surface area (Å²) in [6.07, 6.45) is 1.63. The van der Waals surface area contributed by atoms with E-state index in [2.05, 4.69) is 4.98 Å². The number of aromatic nitrogens is 1. The molecule has 0 aliphatic rings. The van der Waals surface area contributed by atoms with Crippen molar-refractivity contribution in [2.75, 3.05) is 5.73 Å². The molecule has 4 nitrogen and oxygen atoms in total. The second-order valence-electron chi connectivity index (χ2n) is 3.74. The summed E-state index contributed by atoms with van der Waals surface area (Å²) in [6.45, 7) is 5.03. The monoisotopic (exact) mass is 259 g/mol. The zero-order chi connectivity index (χ0) is 14.1. The Morgan fingerprint density at radius 3 is 2.26 bits per heavy atom. The standard InChI is InChI=1S/C13H15N3O.C2H6/c14-8-10-1-3-11(4-2-10)9-17-13-7-12(15)5-6-16-13;1-2/h1-7H,8-9,14H2,(H2,15,16);1-2H3. The van der Waals surface area contributed by atoms with E-state index in [9.17, 15) is 0 Å². The maximum Gasteiger partial charge on any atom is 0.215 e. The van der Waals surface area contributed by atoms with Gasteiger partial charge in [0.2, 0.25) is 5.88 Å². The molecular weight excluding hydrogens is 238 g/mol. The van der Waals surface area contributed by atoms with Gasteiger partial charge in [-0.25, -0.2) is 4.98 Å². The van der Waals surface area contributed by atoms with Crippen molar-refractivity contribution < 1.29 is 4.74 Å². The molecule has 0 aliphatic heterocycles. The predicted molar refractivity (Wildman–Crippen MR) is 78.7 cm³/mol. The van der Waals surface area contributed by atoms with Crippen molar-refractivity contribution in [3.63, 3.8) is 0 Å². The number of benzene rings is 1. The van der Waals surface area contributed by atoms with Crippen molar-refractivity contribution in [2.24, 2.45) is 5.73 Å². The number of rotatable bonds is 4. The maximum absolute atomic E-state index is 5.63. The molecule has 1 aromatic carbocycles. The number of nitrogens with zero attached hydrogens (tertiary/aromatic N) is 1. The van der Waals surface area contributed by atoms with E-state index in [4.69, 9.17) is 16.2 Å². The van der Waals surface area contributed by atoms with Crippen LogP contribution in [0.5, 0.6) is 5.88 Å². The predicted octanol–water partition coefficient (Wildman–Crippen LogP) is 2.73. The van der Waals surface area contributed by atoms with Gasteiger partial charge in [-0.05, 0) is 17.2 Å². The summed E-state index contributed by atoms with van der Waals surface area (Å²) in [5, 5.41) is 0. The molecule has 1 aromatic heterocycles. The second kappa shape index (κ2) is 8.11. The van der Waals surface area contributed by atoms with Crippen molar-refractivity contribution in [3.8, 4) is 5.88 Å². The molecule has 4 heteroatoms. The number of ether oxygens (including phenoxy) is 1. The molecule has 0 radical (unpaired) electrons. The first-order chi connectivity index (χ1) is 9.28. The molecule has 2 rings (SSSR count). The molecule has 0 saturated heterocycles. The number of hydrogen-bond donors (Lipinski definition) is 2. The van der Waals surface area contributed by atoms with Crippen LogP contribution in [0.15, 0.2) is 42.6 Å². The first-order valence-corrected chi connectivity index (χ1v) is 6.40. The molecule has 0 bridgehead atoms. The zero-order valence-corrected chi connectivity index (χ0v) is 11.5. The van der Waals surface area contributed by atoms with Crippen LogP contribution in [0.3, 0.4) is 0 Å². The van der Waals surface area contributed by atoms with Gasteiger partial charge in [-0.2, -0.15) is 0 Å². The first kappa shape index (κ1) is 15.0. The molecule has 0 aliphatic carbocycles. The highest BCUT2D eigenvalue weighted by molar-refractivity contribution is 5.39. The molecule has 0 amide bonds. The fourth-order valence-corrected chi connectivity index (χ4v) is 1.43. The van der Waals surface area contributed by atoms with Gasteiger partial charge in [0.15, 0.2) is 0 Å². The van der Waals surface area contributed by atoms with Gasteiger partial charge in [-0.3, -0.25) is 0 Å². The van der Waals surface area contributed by atoms with E-state index < -0.39 is 0 Å². The Kier molecular flexibility index (Phi) is 6.39. The van der Waals surface area contributed by atoms with E-state index in [1.807, 2.05) is 38.1 Å². The van der Waals surface area contributed by atoms with Crippen LogP contribution in [-0.2, 0) is 13.2 Å². The molecule has 4 N–H and O–H groups in total. The van der Waals surface area contributed by atoms with Gasteiger partial charge in [0.1, 0.15) is 6.61 Å². The largest absolute Gasteiger partial charge is 0.473 e. The Morgan fingerprint density at radius 2 is 1.68 bits per heavy atom. The fraction of sp³-hybridized carbons (Fsp3) is 0.267. The molecule has 102 valence electrons. The lowest BCUT2D eigenvalue weighted by atomic mass is 10.1. The van der Waals surface area contributed by atoms with Crippen molar-refractivity contribution >= 4 is 5.69 Å². The average Bonchev–Trinajstić information content (AvgIpc) is 2.48. The molecule has 0 fully saturated rings. The fourth-order valence-electron chi connectivity index (χ4n) is 1.43. The summed E-state index contributed by atoms with van der Waals surface area (Å²) in [5.41, 5.74) is 14.0. The molecule has 0 atom stereocenters. The third kappa shape index (κ3) is 4.97. The Hall–Kier alpha value is -2.07. The number of nitrogens with two attached hydrogens (primary N) is 2. The summed E-state index contributed by atoms with van der Waals surface area (Å²) < 4.78 is 5.52. The van der Waals surface area contributed by atoms with E-state index in [0.717, 1.165) is 11.1 Å². The van der Waals surface area contributed by atoms with Crippen LogP contribution in [-0.4, -0.2) is 4.98 Å². The lowest BCUT2D eigenvalue weighted by Gasteiger charge is -2.06. The van der Waals surface area contributed by atoms with Crippen LogP contribution >= 0.6 is 0 Å². The Balaban J connectivity index is 0.000000861. The summed E-state index contributed by atoms with van der Waals surface area (Å²) in [6, 6.07) is 11.4. The van der Waals surface area contributed by atoms with Gasteiger partial charge in [0, 0.05) is 24.5 Å². The van der Waals surface area contributed by atoms with Gasteiger partial charge >= 0.3 is 0 Å². The van der Waals surface area contributed by atoms with Gasteiger partial charge in [0.05, 0.1) is 0 Å².